The van der Waals surface area contributed by atoms with Crippen LogP contribution in [0.1, 0.15) is 30.4 Å². The number of sulfone groups is 1. The van der Waals surface area contributed by atoms with Gasteiger partial charge in [0, 0.05) is 0 Å². The van der Waals surface area contributed by atoms with Gasteiger partial charge in [0.05, 0.1) is 11.5 Å². The SMILES string of the molecule is Cc1ccccc1CS(=O)(=O)CCCCCN. The fraction of sp³-hybridized carbons (Fsp3) is 0.538. The van der Waals surface area contributed by atoms with Crippen LogP contribution in [0, 0.1) is 6.92 Å². The zero-order valence-electron chi connectivity index (χ0n) is 10.4. The van der Waals surface area contributed by atoms with E-state index in [4.69, 9.17) is 5.73 Å². The smallest absolute Gasteiger partial charge is 0.154 e. The Bertz CT molecular complexity index is 440. The Labute approximate surface area is 104 Å². The molecule has 0 spiro atoms. The summed E-state index contributed by atoms with van der Waals surface area (Å²) in [6.07, 6.45) is 2.51. The van der Waals surface area contributed by atoms with E-state index in [9.17, 15) is 8.42 Å². The quantitative estimate of drug-likeness (QED) is 0.758. The molecule has 0 fully saturated rings. The molecule has 0 aromatic heterocycles. The van der Waals surface area contributed by atoms with Gasteiger partial charge in [-0.05, 0) is 37.4 Å². The lowest BCUT2D eigenvalue weighted by Gasteiger charge is -2.07. The van der Waals surface area contributed by atoms with Gasteiger partial charge in [0.25, 0.3) is 0 Å². The summed E-state index contributed by atoms with van der Waals surface area (Å²) in [4.78, 5) is 0. The van der Waals surface area contributed by atoms with Crippen LogP contribution in [-0.2, 0) is 15.6 Å². The molecule has 0 saturated carbocycles. The van der Waals surface area contributed by atoms with Crippen molar-refractivity contribution in [3.8, 4) is 0 Å². The van der Waals surface area contributed by atoms with Gasteiger partial charge in [0.2, 0.25) is 0 Å². The summed E-state index contributed by atoms with van der Waals surface area (Å²) in [6, 6.07) is 7.63. The Balaban J connectivity index is 2.52. The van der Waals surface area contributed by atoms with Crippen LogP contribution in [-0.4, -0.2) is 20.7 Å². The molecule has 1 rings (SSSR count). The Hall–Kier alpha value is -0.870. The van der Waals surface area contributed by atoms with Gasteiger partial charge in [0.15, 0.2) is 9.84 Å². The Morgan fingerprint density at radius 1 is 1.12 bits per heavy atom. The summed E-state index contributed by atoms with van der Waals surface area (Å²) in [5.41, 5.74) is 7.32. The van der Waals surface area contributed by atoms with E-state index in [0.29, 0.717) is 13.0 Å². The van der Waals surface area contributed by atoms with Crippen LogP contribution >= 0.6 is 0 Å². The molecule has 1 aromatic carbocycles. The Morgan fingerprint density at radius 3 is 2.47 bits per heavy atom. The number of aryl methyl sites for hydroxylation is 1. The fourth-order valence-corrected chi connectivity index (χ4v) is 3.31. The van der Waals surface area contributed by atoms with E-state index in [0.717, 1.165) is 24.0 Å². The first kappa shape index (κ1) is 14.2. The van der Waals surface area contributed by atoms with Crippen LogP contribution in [0.5, 0.6) is 0 Å². The molecule has 0 saturated heterocycles. The number of hydrogen-bond donors (Lipinski definition) is 1. The van der Waals surface area contributed by atoms with Gasteiger partial charge in [-0.15, -0.1) is 0 Å². The van der Waals surface area contributed by atoms with Gasteiger partial charge in [-0.3, -0.25) is 0 Å². The van der Waals surface area contributed by atoms with Crippen molar-refractivity contribution in [2.75, 3.05) is 12.3 Å². The van der Waals surface area contributed by atoms with Crippen molar-refractivity contribution in [1.29, 1.82) is 0 Å². The summed E-state index contributed by atoms with van der Waals surface area (Å²) in [5, 5.41) is 0. The molecule has 0 aliphatic heterocycles. The molecule has 0 aliphatic carbocycles. The Kier molecular flexibility index (Phi) is 5.65. The first-order valence-corrected chi connectivity index (χ1v) is 7.82. The number of benzene rings is 1. The van der Waals surface area contributed by atoms with E-state index in [1.54, 1.807) is 0 Å². The third-order valence-electron chi connectivity index (χ3n) is 2.80. The van der Waals surface area contributed by atoms with Crippen molar-refractivity contribution < 1.29 is 8.42 Å². The van der Waals surface area contributed by atoms with Crippen LogP contribution in [0.3, 0.4) is 0 Å². The fourth-order valence-electron chi connectivity index (χ4n) is 1.72. The zero-order chi connectivity index (χ0) is 12.7. The lowest BCUT2D eigenvalue weighted by molar-refractivity contribution is 0.589. The number of nitrogens with two attached hydrogens (primary N) is 1. The van der Waals surface area contributed by atoms with E-state index in [1.807, 2.05) is 31.2 Å². The molecule has 1 aromatic rings. The summed E-state index contributed by atoms with van der Waals surface area (Å²) < 4.78 is 23.8. The average Bonchev–Trinajstić information content (AvgIpc) is 2.28. The van der Waals surface area contributed by atoms with Crippen LogP contribution < -0.4 is 5.73 Å². The molecule has 0 amide bonds. The molecule has 96 valence electrons. The summed E-state index contributed by atoms with van der Waals surface area (Å²) in [5.74, 6) is 0.420. The minimum Gasteiger partial charge on any atom is -0.330 e. The van der Waals surface area contributed by atoms with E-state index in [-0.39, 0.29) is 11.5 Å². The third-order valence-corrected chi connectivity index (χ3v) is 4.46. The van der Waals surface area contributed by atoms with Crippen molar-refractivity contribution in [2.24, 2.45) is 5.73 Å². The first-order chi connectivity index (χ1) is 8.05. The van der Waals surface area contributed by atoms with Gasteiger partial charge in [-0.2, -0.15) is 0 Å². The molecular weight excluding hydrogens is 234 g/mol. The molecule has 0 heterocycles. The molecule has 0 bridgehead atoms. The van der Waals surface area contributed by atoms with Crippen molar-refractivity contribution in [3.05, 3.63) is 35.4 Å². The Morgan fingerprint density at radius 2 is 1.82 bits per heavy atom. The highest BCUT2D eigenvalue weighted by atomic mass is 32.2. The maximum atomic E-state index is 11.9. The minimum absolute atomic E-state index is 0.155. The molecule has 0 atom stereocenters. The number of unbranched alkanes of at least 4 members (excludes halogenated alkanes) is 2. The average molecular weight is 255 g/mol. The van der Waals surface area contributed by atoms with E-state index in [1.165, 1.54) is 0 Å². The van der Waals surface area contributed by atoms with Crippen molar-refractivity contribution in [2.45, 2.75) is 31.9 Å². The lowest BCUT2D eigenvalue weighted by Crippen LogP contribution is -2.10. The van der Waals surface area contributed by atoms with Crippen molar-refractivity contribution in [3.63, 3.8) is 0 Å². The van der Waals surface area contributed by atoms with Crippen molar-refractivity contribution in [1.82, 2.24) is 0 Å². The topological polar surface area (TPSA) is 60.2 Å². The molecule has 0 unspecified atom stereocenters. The van der Waals surface area contributed by atoms with Gasteiger partial charge in [0.1, 0.15) is 0 Å². The second kappa shape index (κ2) is 6.77. The molecular formula is C13H21NO2S. The first-order valence-electron chi connectivity index (χ1n) is 6.00. The molecule has 0 aliphatic rings. The lowest BCUT2D eigenvalue weighted by atomic mass is 10.1. The second-order valence-corrected chi connectivity index (χ2v) is 6.55. The van der Waals surface area contributed by atoms with Crippen LogP contribution in [0.25, 0.3) is 0 Å². The molecule has 2 N–H and O–H groups in total. The van der Waals surface area contributed by atoms with E-state index in [2.05, 4.69) is 0 Å². The van der Waals surface area contributed by atoms with Gasteiger partial charge >= 0.3 is 0 Å². The molecule has 3 nitrogen and oxygen atoms in total. The maximum Gasteiger partial charge on any atom is 0.154 e. The van der Waals surface area contributed by atoms with Crippen LogP contribution in [0.2, 0.25) is 0 Å². The summed E-state index contributed by atoms with van der Waals surface area (Å²) >= 11 is 0. The third kappa shape index (κ3) is 5.33. The van der Waals surface area contributed by atoms with Gasteiger partial charge in [-0.1, -0.05) is 30.7 Å². The summed E-state index contributed by atoms with van der Waals surface area (Å²) in [6.45, 7) is 2.58. The zero-order valence-corrected chi connectivity index (χ0v) is 11.2. The highest BCUT2D eigenvalue weighted by molar-refractivity contribution is 7.90. The van der Waals surface area contributed by atoms with Crippen LogP contribution in [0.4, 0.5) is 0 Å². The predicted octanol–water partition coefficient (Wildman–Crippen LogP) is 2.04. The minimum atomic E-state index is -2.98. The highest BCUT2D eigenvalue weighted by Gasteiger charge is 2.12. The monoisotopic (exact) mass is 255 g/mol. The van der Waals surface area contributed by atoms with Gasteiger partial charge in [-0.25, -0.2) is 8.42 Å². The summed E-state index contributed by atoms with van der Waals surface area (Å²) in [7, 11) is -2.98. The van der Waals surface area contributed by atoms with Gasteiger partial charge < -0.3 is 5.73 Å². The molecule has 0 radical (unpaired) electrons. The van der Waals surface area contributed by atoms with Crippen molar-refractivity contribution >= 4 is 9.84 Å². The number of hydrogen-bond acceptors (Lipinski definition) is 3. The largest absolute Gasteiger partial charge is 0.330 e. The normalized spacial score (nSPS) is 11.6. The predicted molar refractivity (Wildman–Crippen MR) is 71.6 cm³/mol. The van der Waals surface area contributed by atoms with Crippen LogP contribution in [0.15, 0.2) is 24.3 Å². The number of rotatable bonds is 7. The highest BCUT2D eigenvalue weighted by Crippen LogP contribution is 2.13. The second-order valence-electron chi connectivity index (χ2n) is 4.37. The molecule has 17 heavy (non-hydrogen) atoms. The van der Waals surface area contributed by atoms with E-state index < -0.39 is 9.84 Å². The molecule has 4 heteroatoms. The van der Waals surface area contributed by atoms with E-state index >= 15 is 0 Å². The standard InChI is InChI=1S/C13H21NO2S/c1-12-7-3-4-8-13(12)11-17(15,16)10-6-2-5-9-14/h3-4,7-8H,2,5-6,9-11,14H2,1H3. The maximum absolute atomic E-state index is 11.9.